The topological polar surface area (TPSA) is 43.7 Å². The van der Waals surface area contributed by atoms with E-state index in [0.29, 0.717) is 5.46 Å². The van der Waals surface area contributed by atoms with Gasteiger partial charge in [-0.25, -0.2) is 0 Å². The first-order valence-electron chi connectivity index (χ1n) is 12.7. The van der Waals surface area contributed by atoms with Crippen LogP contribution in [0.4, 0.5) is 17.1 Å². The molecule has 2 N–H and O–H groups in total. The maximum absolute atomic E-state index is 10.1. The van der Waals surface area contributed by atoms with Crippen molar-refractivity contribution in [3.05, 3.63) is 146 Å². The number of fused-ring (bicyclic) bond motifs is 1. The van der Waals surface area contributed by atoms with Crippen LogP contribution < -0.4 is 10.4 Å². The second kappa shape index (κ2) is 10.4. The molecule has 182 valence electrons. The lowest BCUT2D eigenvalue weighted by Crippen LogP contribution is -2.31. The molecule has 0 fully saturated rings. The molecule has 0 aliphatic rings. The maximum atomic E-state index is 10.1. The first-order chi connectivity index (χ1) is 18.7. The Morgan fingerprint density at radius 1 is 0.447 bits per heavy atom. The molecule has 4 heteroatoms. The van der Waals surface area contributed by atoms with Gasteiger partial charge < -0.3 is 14.9 Å². The number of para-hydroxylation sites is 1. The van der Waals surface area contributed by atoms with Crippen LogP contribution in [0.3, 0.4) is 0 Å². The van der Waals surface area contributed by atoms with E-state index in [1.54, 1.807) is 6.07 Å². The van der Waals surface area contributed by atoms with Crippen LogP contribution in [0.25, 0.3) is 33.0 Å². The van der Waals surface area contributed by atoms with Crippen LogP contribution in [0.15, 0.2) is 146 Å². The quantitative estimate of drug-likeness (QED) is 0.240. The smallest absolute Gasteiger partial charge is 0.423 e. The first kappa shape index (κ1) is 23.7. The summed E-state index contributed by atoms with van der Waals surface area (Å²) in [5.74, 6) is 0. The molecule has 3 nitrogen and oxygen atoms in total. The summed E-state index contributed by atoms with van der Waals surface area (Å²) in [6, 6.07) is 49.3. The zero-order chi connectivity index (χ0) is 25.9. The third-order valence-corrected chi connectivity index (χ3v) is 6.90. The zero-order valence-corrected chi connectivity index (χ0v) is 20.8. The predicted molar refractivity (Wildman–Crippen MR) is 159 cm³/mol. The fourth-order valence-corrected chi connectivity index (χ4v) is 5.07. The van der Waals surface area contributed by atoms with Gasteiger partial charge >= 0.3 is 7.12 Å². The SMILES string of the molecule is OB(O)c1ccc(N(c2ccccc2)c2ccc(-c3cccc4ccccc34)cc2)cc1-c1ccccc1. The number of nitrogens with zero attached hydrogens (tertiary/aromatic N) is 1. The maximum Gasteiger partial charge on any atom is 0.489 e. The minimum absolute atomic E-state index is 0.472. The van der Waals surface area contributed by atoms with Crippen molar-refractivity contribution in [3.63, 3.8) is 0 Å². The Hall–Kier alpha value is -4.64. The summed E-state index contributed by atoms with van der Waals surface area (Å²) in [6.45, 7) is 0. The summed E-state index contributed by atoms with van der Waals surface area (Å²) in [5, 5.41) is 22.6. The fourth-order valence-electron chi connectivity index (χ4n) is 5.07. The summed E-state index contributed by atoms with van der Waals surface area (Å²) in [7, 11) is -1.57. The summed E-state index contributed by atoms with van der Waals surface area (Å²) in [4.78, 5) is 2.19. The largest absolute Gasteiger partial charge is 0.489 e. The van der Waals surface area contributed by atoms with Crippen LogP contribution in [0.1, 0.15) is 0 Å². The third-order valence-electron chi connectivity index (χ3n) is 6.90. The molecule has 0 saturated heterocycles. The lowest BCUT2D eigenvalue weighted by molar-refractivity contribution is 0.426. The first-order valence-corrected chi connectivity index (χ1v) is 12.7. The molecule has 0 radical (unpaired) electrons. The molecule has 0 heterocycles. The average molecular weight is 491 g/mol. The average Bonchev–Trinajstić information content (AvgIpc) is 2.98. The van der Waals surface area contributed by atoms with Crippen molar-refractivity contribution >= 4 is 40.4 Å². The zero-order valence-electron chi connectivity index (χ0n) is 20.8. The van der Waals surface area contributed by atoms with Crippen LogP contribution in [0.2, 0.25) is 0 Å². The van der Waals surface area contributed by atoms with Gasteiger partial charge in [-0.15, -0.1) is 0 Å². The molecule has 0 spiro atoms. The van der Waals surface area contributed by atoms with E-state index in [0.717, 1.165) is 33.8 Å². The highest BCUT2D eigenvalue weighted by molar-refractivity contribution is 6.60. The number of hydrogen-bond acceptors (Lipinski definition) is 3. The highest BCUT2D eigenvalue weighted by atomic mass is 16.4. The van der Waals surface area contributed by atoms with Gasteiger partial charge in [-0.1, -0.05) is 109 Å². The molecule has 0 atom stereocenters. The van der Waals surface area contributed by atoms with Gasteiger partial charge in [0.2, 0.25) is 0 Å². The lowest BCUT2D eigenvalue weighted by atomic mass is 9.75. The van der Waals surface area contributed by atoms with Gasteiger partial charge in [0.25, 0.3) is 0 Å². The molecular weight excluding hydrogens is 465 g/mol. The van der Waals surface area contributed by atoms with Crippen molar-refractivity contribution in [1.82, 2.24) is 0 Å². The Morgan fingerprint density at radius 3 is 1.76 bits per heavy atom. The second-order valence-electron chi connectivity index (χ2n) is 9.26. The van der Waals surface area contributed by atoms with E-state index in [1.165, 1.54) is 16.3 Å². The Kier molecular flexibility index (Phi) is 6.49. The number of hydrogen-bond donors (Lipinski definition) is 2. The summed E-state index contributed by atoms with van der Waals surface area (Å²) < 4.78 is 0. The van der Waals surface area contributed by atoms with Crippen molar-refractivity contribution in [2.24, 2.45) is 0 Å². The van der Waals surface area contributed by atoms with Crippen LogP contribution in [-0.4, -0.2) is 17.2 Å². The highest BCUT2D eigenvalue weighted by Crippen LogP contribution is 2.37. The van der Waals surface area contributed by atoms with Gasteiger partial charge in [-0.2, -0.15) is 0 Å². The van der Waals surface area contributed by atoms with Gasteiger partial charge in [-0.3, -0.25) is 0 Å². The molecule has 0 amide bonds. The van der Waals surface area contributed by atoms with Crippen LogP contribution in [-0.2, 0) is 0 Å². The highest BCUT2D eigenvalue weighted by Gasteiger charge is 2.20. The van der Waals surface area contributed by atoms with Crippen molar-refractivity contribution in [3.8, 4) is 22.3 Å². The normalized spacial score (nSPS) is 10.9. The van der Waals surface area contributed by atoms with E-state index in [4.69, 9.17) is 0 Å². The molecule has 0 aromatic heterocycles. The summed E-state index contributed by atoms with van der Waals surface area (Å²) >= 11 is 0. The van der Waals surface area contributed by atoms with Gasteiger partial charge in [-0.05, 0) is 74.9 Å². The van der Waals surface area contributed by atoms with Crippen molar-refractivity contribution in [2.45, 2.75) is 0 Å². The van der Waals surface area contributed by atoms with E-state index in [2.05, 4.69) is 83.8 Å². The molecule has 0 aliphatic heterocycles. The summed E-state index contributed by atoms with van der Waals surface area (Å²) in [6.07, 6.45) is 0. The van der Waals surface area contributed by atoms with Crippen molar-refractivity contribution in [2.75, 3.05) is 4.90 Å². The van der Waals surface area contributed by atoms with Gasteiger partial charge in [0, 0.05) is 17.1 Å². The minimum Gasteiger partial charge on any atom is -0.423 e. The Labute approximate surface area is 223 Å². The van der Waals surface area contributed by atoms with Crippen molar-refractivity contribution < 1.29 is 10.0 Å². The molecular formula is C34H26BNO2. The van der Waals surface area contributed by atoms with E-state index >= 15 is 0 Å². The molecule has 0 unspecified atom stereocenters. The molecule has 6 aromatic rings. The molecule has 38 heavy (non-hydrogen) atoms. The molecule has 6 rings (SSSR count). The van der Waals surface area contributed by atoms with Gasteiger partial charge in [0.05, 0.1) is 0 Å². The fraction of sp³-hybridized carbons (Fsp3) is 0. The predicted octanol–water partition coefficient (Wildman–Crippen LogP) is 7.32. The Bertz CT molecular complexity index is 1680. The number of benzene rings is 6. The Balaban J connectivity index is 1.47. The molecule has 0 aliphatic carbocycles. The van der Waals surface area contributed by atoms with Crippen molar-refractivity contribution in [1.29, 1.82) is 0 Å². The van der Waals surface area contributed by atoms with E-state index in [-0.39, 0.29) is 0 Å². The van der Waals surface area contributed by atoms with E-state index in [1.807, 2.05) is 60.7 Å². The Morgan fingerprint density at radius 2 is 1.03 bits per heavy atom. The molecule has 0 saturated carbocycles. The summed E-state index contributed by atoms with van der Waals surface area (Å²) in [5.41, 5.74) is 7.49. The van der Waals surface area contributed by atoms with Crippen LogP contribution in [0.5, 0.6) is 0 Å². The lowest BCUT2D eigenvalue weighted by Gasteiger charge is -2.27. The standard InChI is InChI=1S/C34H26BNO2/c37-35(38)34-23-22-30(24-33(34)26-10-3-1-4-11-26)36(28-14-5-2-6-15-28)29-20-18-27(19-21-29)32-17-9-13-25-12-7-8-16-31(25)32/h1-24,37-38H. The minimum atomic E-state index is -1.57. The number of rotatable bonds is 6. The van der Waals surface area contributed by atoms with Crippen LogP contribution >= 0.6 is 0 Å². The van der Waals surface area contributed by atoms with Gasteiger partial charge in [0.15, 0.2) is 0 Å². The monoisotopic (exact) mass is 491 g/mol. The number of anilines is 3. The van der Waals surface area contributed by atoms with E-state index < -0.39 is 7.12 Å². The molecule has 6 aromatic carbocycles. The van der Waals surface area contributed by atoms with E-state index in [9.17, 15) is 10.0 Å². The third kappa shape index (κ3) is 4.59. The van der Waals surface area contributed by atoms with Gasteiger partial charge in [0.1, 0.15) is 0 Å². The second-order valence-corrected chi connectivity index (χ2v) is 9.26. The molecule has 0 bridgehead atoms. The van der Waals surface area contributed by atoms with Crippen LogP contribution in [0, 0.1) is 0 Å².